The zero-order valence-corrected chi connectivity index (χ0v) is 13.9. The number of rotatable bonds is 0. The third-order valence-corrected chi connectivity index (χ3v) is 7.00. The molecule has 0 radical (unpaired) electrons. The molecule has 4 atom stereocenters. The lowest BCUT2D eigenvalue weighted by Gasteiger charge is -2.47. The zero-order valence-electron chi connectivity index (χ0n) is 12.4. The molecule has 0 unspecified atom stereocenters. The topological polar surface area (TPSA) is 0 Å². The SMILES string of the molecule is Cl[C@H]1[C@H]2c3ccccc3[C@@H](c3cc4c(cc32)CCCC4)[C@@H]1Cl. The van der Waals surface area contributed by atoms with E-state index >= 15 is 0 Å². The summed E-state index contributed by atoms with van der Waals surface area (Å²) in [6.07, 6.45) is 5.08. The Morgan fingerprint density at radius 3 is 1.59 bits per heavy atom. The van der Waals surface area contributed by atoms with Crippen LogP contribution in [0.1, 0.15) is 58.1 Å². The Kier molecular flexibility index (Phi) is 2.91. The van der Waals surface area contributed by atoms with Crippen LogP contribution in [0.5, 0.6) is 0 Å². The van der Waals surface area contributed by atoms with Crippen LogP contribution in [-0.4, -0.2) is 10.8 Å². The van der Waals surface area contributed by atoms with Crippen molar-refractivity contribution < 1.29 is 0 Å². The summed E-state index contributed by atoms with van der Waals surface area (Å²) in [6, 6.07) is 13.7. The molecule has 0 amide bonds. The van der Waals surface area contributed by atoms with Gasteiger partial charge in [0.1, 0.15) is 0 Å². The van der Waals surface area contributed by atoms with Crippen LogP contribution in [0.2, 0.25) is 0 Å². The Morgan fingerprint density at radius 1 is 0.682 bits per heavy atom. The molecule has 0 heterocycles. The molecule has 0 spiro atoms. The number of hydrogen-bond donors (Lipinski definition) is 0. The van der Waals surface area contributed by atoms with Crippen LogP contribution in [0, 0.1) is 0 Å². The van der Waals surface area contributed by atoms with Crippen LogP contribution in [0.3, 0.4) is 0 Å². The van der Waals surface area contributed by atoms with Crippen molar-refractivity contribution in [1.82, 2.24) is 0 Å². The summed E-state index contributed by atoms with van der Waals surface area (Å²) in [5.41, 5.74) is 8.78. The molecular weight excluding hydrogens is 311 g/mol. The van der Waals surface area contributed by atoms with E-state index in [0.29, 0.717) is 0 Å². The average molecular weight is 329 g/mol. The molecule has 4 aliphatic carbocycles. The standard InChI is InChI=1S/C20H18Cl2/c21-19-17-13-7-3-4-8-14(13)18(20(19)22)16-10-12-6-2-1-5-11(12)9-15(16)17/h3-4,7-10,17-20H,1-2,5-6H2/t17-,18-,19-,20-/m0/s1. The van der Waals surface area contributed by atoms with E-state index in [4.69, 9.17) is 23.2 Å². The van der Waals surface area contributed by atoms with E-state index in [0.717, 1.165) is 0 Å². The number of benzene rings is 2. The van der Waals surface area contributed by atoms with Crippen molar-refractivity contribution in [3.8, 4) is 0 Å². The molecule has 0 nitrogen and oxygen atoms in total. The average Bonchev–Trinajstić information content (AvgIpc) is 2.56. The van der Waals surface area contributed by atoms with E-state index < -0.39 is 0 Å². The lowest BCUT2D eigenvalue weighted by Crippen LogP contribution is -2.41. The Morgan fingerprint density at radius 2 is 1.14 bits per heavy atom. The number of halogens is 2. The van der Waals surface area contributed by atoms with Gasteiger partial charge in [0.2, 0.25) is 0 Å². The molecule has 0 fully saturated rings. The van der Waals surface area contributed by atoms with Crippen molar-refractivity contribution >= 4 is 23.2 Å². The maximum absolute atomic E-state index is 6.77. The van der Waals surface area contributed by atoms with Crippen LogP contribution in [0.15, 0.2) is 36.4 Å². The normalized spacial score (nSPS) is 31.4. The molecular formula is C20H18Cl2. The van der Waals surface area contributed by atoms with Crippen molar-refractivity contribution in [2.45, 2.75) is 48.3 Å². The van der Waals surface area contributed by atoms with Crippen molar-refractivity contribution in [2.24, 2.45) is 0 Å². The van der Waals surface area contributed by atoms with Gasteiger partial charge < -0.3 is 0 Å². The molecule has 0 saturated heterocycles. The highest BCUT2D eigenvalue weighted by molar-refractivity contribution is 6.31. The molecule has 0 N–H and O–H groups in total. The van der Waals surface area contributed by atoms with E-state index in [9.17, 15) is 0 Å². The highest BCUT2D eigenvalue weighted by Gasteiger charge is 2.48. The second-order valence-corrected chi connectivity index (χ2v) is 7.94. The van der Waals surface area contributed by atoms with E-state index in [1.165, 1.54) is 47.9 Å². The van der Waals surface area contributed by atoms with Gasteiger partial charge in [-0.15, -0.1) is 23.2 Å². The maximum atomic E-state index is 6.77. The Balaban J connectivity index is 1.79. The quantitative estimate of drug-likeness (QED) is 0.570. The second kappa shape index (κ2) is 4.76. The predicted molar refractivity (Wildman–Crippen MR) is 92.5 cm³/mol. The van der Waals surface area contributed by atoms with Crippen LogP contribution >= 0.6 is 23.2 Å². The van der Waals surface area contributed by atoms with Gasteiger partial charge in [0.05, 0.1) is 10.8 Å². The van der Waals surface area contributed by atoms with Crippen LogP contribution in [-0.2, 0) is 12.8 Å². The third kappa shape index (κ3) is 1.66. The first-order valence-electron chi connectivity index (χ1n) is 8.28. The third-order valence-electron chi connectivity index (χ3n) is 5.82. The Hall–Kier alpha value is -0.980. The molecule has 6 rings (SSSR count). The fourth-order valence-electron chi connectivity index (χ4n) is 4.83. The first-order chi connectivity index (χ1) is 10.8. The second-order valence-electron chi connectivity index (χ2n) is 6.93. The van der Waals surface area contributed by atoms with E-state index in [1.807, 2.05) is 0 Å². The summed E-state index contributed by atoms with van der Waals surface area (Å²) < 4.78 is 0. The van der Waals surface area contributed by atoms with E-state index in [2.05, 4.69) is 36.4 Å². The number of hydrogen-bond acceptors (Lipinski definition) is 0. The van der Waals surface area contributed by atoms with Gasteiger partial charge in [0.25, 0.3) is 0 Å². The molecule has 2 aromatic carbocycles. The van der Waals surface area contributed by atoms with E-state index in [1.54, 1.807) is 11.1 Å². The van der Waals surface area contributed by atoms with Crippen LogP contribution < -0.4 is 0 Å². The van der Waals surface area contributed by atoms with E-state index in [-0.39, 0.29) is 22.6 Å². The van der Waals surface area contributed by atoms with Crippen LogP contribution in [0.25, 0.3) is 0 Å². The lowest BCUT2D eigenvalue weighted by molar-refractivity contribution is 0.531. The monoisotopic (exact) mass is 328 g/mol. The van der Waals surface area contributed by atoms with Crippen molar-refractivity contribution in [2.75, 3.05) is 0 Å². The van der Waals surface area contributed by atoms with Gasteiger partial charge in [-0.2, -0.15) is 0 Å². The van der Waals surface area contributed by atoms with Gasteiger partial charge in [-0.25, -0.2) is 0 Å². The molecule has 4 aliphatic rings. The van der Waals surface area contributed by atoms with Gasteiger partial charge in [0.15, 0.2) is 0 Å². The molecule has 2 heteroatoms. The minimum Gasteiger partial charge on any atom is -0.120 e. The lowest BCUT2D eigenvalue weighted by atomic mass is 9.62. The van der Waals surface area contributed by atoms with Crippen molar-refractivity contribution in [3.63, 3.8) is 0 Å². The summed E-state index contributed by atoms with van der Waals surface area (Å²) in [5, 5.41) is -0.00795. The van der Waals surface area contributed by atoms with Gasteiger partial charge >= 0.3 is 0 Å². The summed E-state index contributed by atoms with van der Waals surface area (Å²) >= 11 is 13.5. The fraction of sp³-hybridized carbons (Fsp3) is 0.400. The Bertz CT molecular complexity index is 700. The first-order valence-corrected chi connectivity index (χ1v) is 9.15. The molecule has 0 aromatic heterocycles. The number of alkyl halides is 2. The van der Waals surface area contributed by atoms with Gasteiger partial charge in [-0.1, -0.05) is 36.4 Å². The molecule has 22 heavy (non-hydrogen) atoms. The first kappa shape index (κ1) is 13.5. The summed E-state index contributed by atoms with van der Waals surface area (Å²) in [6.45, 7) is 0. The predicted octanol–water partition coefficient (Wildman–Crippen LogP) is 5.37. The van der Waals surface area contributed by atoms with Gasteiger partial charge in [0, 0.05) is 11.8 Å². The van der Waals surface area contributed by atoms with Gasteiger partial charge in [-0.05, 0) is 59.1 Å². The number of fused-ring (bicyclic) bond motifs is 2. The van der Waals surface area contributed by atoms with Gasteiger partial charge in [-0.3, -0.25) is 0 Å². The smallest absolute Gasteiger partial charge is 0.0618 e. The molecule has 0 saturated carbocycles. The highest BCUT2D eigenvalue weighted by Crippen LogP contribution is 2.56. The maximum Gasteiger partial charge on any atom is 0.0618 e. The molecule has 0 aliphatic heterocycles. The Labute approximate surface area is 141 Å². The largest absolute Gasteiger partial charge is 0.120 e. The summed E-state index contributed by atoms with van der Waals surface area (Å²) in [7, 11) is 0. The summed E-state index contributed by atoms with van der Waals surface area (Å²) in [5.74, 6) is 0.514. The minimum absolute atomic E-state index is 0.00397. The number of aryl methyl sites for hydroxylation is 2. The minimum atomic E-state index is -0.00397. The highest BCUT2D eigenvalue weighted by atomic mass is 35.5. The van der Waals surface area contributed by atoms with Crippen molar-refractivity contribution in [1.29, 1.82) is 0 Å². The fourth-order valence-corrected chi connectivity index (χ4v) is 5.66. The van der Waals surface area contributed by atoms with Crippen molar-refractivity contribution in [3.05, 3.63) is 69.8 Å². The van der Waals surface area contributed by atoms with Crippen LogP contribution in [0.4, 0.5) is 0 Å². The zero-order chi connectivity index (χ0) is 14.8. The molecule has 112 valence electrons. The summed E-state index contributed by atoms with van der Waals surface area (Å²) in [4.78, 5) is 0. The molecule has 2 bridgehead atoms. The molecule has 2 aromatic rings.